The molecule has 33 heavy (non-hydrogen) atoms. The quantitative estimate of drug-likeness (QED) is 0.466. The fourth-order valence-electron chi connectivity index (χ4n) is 4.67. The van der Waals surface area contributed by atoms with Crippen LogP contribution in [0.3, 0.4) is 0 Å². The minimum absolute atomic E-state index is 0.0474. The van der Waals surface area contributed by atoms with Crippen molar-refractivity contribution in [3.05, 3.63) is 83.1 Å². The van der Waals surface area contributed by atoms with Gasteiger partial charge in [0.2, 0.25) is 0 Å². The maximum atomic E-state index is 14.4. The molecule has 0 aliphatic heterocycles. The molecule has 4 rings (SSSR count). The van der Waals surface area contributed by atoms with Gasteiger partial charge in [-0.1, -0.05) is 19.9 Å². The summed E-state index contributed by atoms with van der Waals surface area (Å²) >= 11 is 0. The van der Waals surface area contributed by atoms with Crippen molar-refractivity contribution in [3.8, 4) is 11.3 Å². The first-order valence-electron chi connectivity index (χ1n) is 10.9. The van der Waals surface area contributed by atoms with Crippen molar-refractivity contribution in [1.29, 1.82) is 0 Å². The van der Waals surface area contributed by atoms with E-state index in [-0.39, 0.29) is 35.7 Å². The van der Waals surface area contributed by atoms with Crippen molar-refractivity contribution < 1.29 is 22.8 Å². The molecule has 0 spiro atoms. The predicted molar refractivity (Wildman–Crippen MR) is 117 cm³/mol. The van der Waals surface area contributed by atoms with Gasteiger partial charge in [-0.2, -0.15) is 0 Å². The lowest BCUT2D eigenvalue weighted by Gasteiger charge is -2.31. The van der Waals surface area contributed by atoms with E-state index in [0.29, 0.717) is 18.4 Å². The number of carbonyl (C=O) groups excluding carboxylic acids is 2. The number of hydrogen-bond donors (Lipinski definition) is 0. The summed E-state index contributed by atoms with van der Waals surface area (Å²) in [4.78, 5) is 33.4. The molecule has 3 atom stereocenters. The number of aromatic nitrogens is 2. The van der Waals surface area contributed by atoms with Crippen molar-refractivity contribution in [2.45, 2.75) is 39.0 Å². The van der Waals surface area contributed by atoms with Crippen LogP contribution in [0.25, 0.3) is 11.3 Å². The van der Waals surface area contributed by atoms with E-state index < -0.39 is 34.5 Å². The number of hydrogen-bond acceptors (Lipinski definition) is 4. The average Bonchev–Trinajstić information content (AvgIpc) is 2.78. The molecular weight excluding hydrogens is 429 g/mol. The van der Waals surface area contributed by atoms with Gasteiger partial charge in [0.1, 0.15) is 34.6 Å². The van der Waals surface area contributed by atoms with Crippen LogP contribution in [0.15, 0.2) is 48.8 Å². The first-order chi connectivity index (χ1) is 15.8. The first-order valence-corrected chi connectivity index (χ1v) is 10.9. The molecule has 4 nitrogen and oxygen atoms in total. The topological polar surface area (TPSA) is 59.9 Å². The zero-order chi connectivity index (χ0) is 23.7. The van der Waals surface area contributed by atoms with Crippen molar-refractivity contribution in [3.63, 3.8) is 0 Å². The van der Waals surface area contributed by atoms with Gasteiger partial charge < -0.3 is 0 Å². The lowest BCUT2D eigenvalue weighted by Crippen LogP contribution is -2.29. The summed E-state index contributed by atoms with van der Waals surface area (Å²) < 4.78 is 42.7. The fourth-order valence-corrected chi connectivity index (χ4v) is 4.67. The first kappa shape index (κ1) is 22.8. The highest BCUT2D eigenvalue weighted by Crippen LogP contribution is 2.38. The number of pyridine rings is 2. The van der Waals surface area contributed by atoms with Gasteiger partial charge >= 0.3 is 0 Å². The summed E-state index contributed by atoms with van der Waals surface area (Å²) in [6.07, 6.45) is 4.61. The van der Waals surface area contributed by atoms with E-state index in [1.54, 1.807) is 12.4 Å². The monoisotopic (exact) mass is 452 g/mol. The zero-order valence-corrected chi connectivity index (χ0v) is 18.3. The second-order valence-electron chi connectivity index (χ2n) is 8.67. The van der Waals surface area contributed by atoms with Gasteiger partial charge in [-0.05, 0) is 60.2 Å². The second kappa shape index (κ2) is 9.25. The Morgan fingerprint density at radius 1 is 0.970 bits per heavy atom. The number of ketones is 2. The average molecular weight is 452 g/mol. The van der Waals surface area contributed by atoms with Gasteiger partial charge in [0.15, 0.2) is 5.78 Å². The summed E-state index contributed by atoms with van der Waals surface area (Å²) in [5, 5.41) is 0. The van der Waals surface area contributed by atoms with Crippen LogP contribution in [-0.4, -0.2) is 21.5 Å². The van der Waals surface area contributed by atoms with Crippen molar-refractivity contribution >= 4 is 11.6 Å². The van der Waals surface area contributed by atoms with E-state index in [0.717, 1.165) is 23.8 Å². The van der Waals surface area contributed by atoms with Crippen LogP contribution >= 0.6 is 0 Å². The van der Waals surface area contributed by atoms with Crippen LogP contribution in [0.2, 0.25) is 0 Å². The number of benzene rings is 1. The maximum Gasteiger partial charge on any atom is 0.185 e. The minimum Gasteiger partial charge on any atom is -0.299 e. The van der Waals surface area contributed by atoms with Crippen LogP contribution < -0.4 is 0 Å². The van der Waals surface area contributed by atoms with Gasteiger partial charge in [0.25, 0.3) is 0 Å². The molecule has 0 radical (unpaired) electrons. The van der Waals surface area contributed by atoms with Crippen LogP contribution in [0.1, 0.15) is 54.2 Å². The van der Waals surface area contributed by atoms with Crippen molar-refractivity contribution in [1.82, 2.24) is 9.97 Å². The van der Waals surface area contributed by atoms with E-state index in [4.69, 9.17) is 0 Å². The maximum absolute atomic E-state index is 14.4. The molecule has 0 saturated heterocycles. The number of Topliss-reactive ketones (excluding diaryl/α,β-unsaturated/α-hetero) is 2. The Morgan fingerprint density at radius 3 is 2.30 bits per heavy atom. The van der Waals surface area contributed by atoms with E-state index in [1.807, 2.05) is 19.9 Å². The van der Waals surface area contributed by atoms with Gasteiger partial charge in [-0.3, -0.25) is 14.6 Å². The Labute approximate surface area is 189 Å². The molecule has 1 aliphatic carbocycles. The molecular formula is C26H23F3N2O2. The van der Waals surface area contributed by atoms with E-state index >= 15 is 0 Å². The highest BCUT2D eigenvalue weighted by Gasteiger charge is 2.33. The molecule has 3 aromatic rings. The second-order valence-corrected chi connectivity index (χ2v) is 8.67. The molecule has 0 amide bonds. The van der Waals surface area contributed by atoms with Crippen LogP contribution in [0.4, 0.5) is 13.2 Å². The molecule has 2 heterocycles. The third-order valence-electron chi connectivity index (χ3n) is 6.31. The predicted octanol–water partition coefficient (Wildman–Crippen LogP) is 5.71. The molecule has 0 bridgehead atoms. The fraction of sp³-hybridized carbons (Fsp3) is 0.308. The molecule has 1 aromatic carbocycles. The Bertz CT molecular complexity index is 1190. The van der Waals surface area contributed by atoms with Crippen LogP contribution in [0.5, 0.6) is 0 Å². The molecule has 2 aromatic heterocycles. The number of rotatable bonds is 5. The molecule has 1 aliphatic rings. The third-order valence-corrected chi connectivity index (χ3v) is 6.31. The van der Waals surface area contributed by atoms with Gasteiger partial charge in [-0.15, -0.1) is 0 Å². The molecule has 7 heteroatoms. The Hall–Kier alpha value is -3.35. The molecule has 0 N–H and O–H groups in total. The Balaban J connectivity index is 1.64. The normalized spacial score (nSPS) is 20.6. The standard InChI is InChI=1S/C26H23F3N2O2/c1-14-10-16(11-15(2)26(14)33)18-8-9-30-13-17(18)12-23(32)22-7-6-21(29)25(31-22)24-19(27)4-3-5-20(24)28/h3-9,13-16H,10-12H2,1-2H3/t14-,15+,16?. The number of halogens is 3. The molecule has 1 fully saturated rings. The van der Waals surface area contributed by atoms with Crippen LogP contribution in [0, 0.1) is 29.3 Å². The molecule has 1 unspecified atom stereocenters. The van der Waals surface area contributed by atoms with E-state index in [2.05, 4.69) is 9.97 Å². The molecule has 170 valence electrons. The Kier molecular flexibility index (Phi) is 6.40. The van der Waals surface area contributed by atoms with Gasteiger partial charge in [0.05, 0.1) is 5.56 Å². The Morgan fingerprint density at radius 2 is 1.64 bits per heavy atom. The smallest absolute Gasteiger partial charge is 0.185 e. The summed E-state index contributed by atoms with van der Waals surface area (Å²) in [5.74, 6) is -3.03. The third kappa shape index (κ3) is 4.58. The highest BCUT2D eigenvalue weighted by molar-refractivity contribution is 5.96. The van der Waals surface area contributed by atoms with Crippen molar-refractivity contribution in [2.24, 2.45) is 11.8 Å². The number of nitrogens with zero attached hydrogens (tertiary/aromatic N) is 2. The lowest BCUT2D eigenvalue weighted by atomic mass is 9.72. The summed E-state index contributed by atoms with van der Waals surface area (Å²) in [6, 6.07) is 7.24. The van der Waals surface area contributed by atoms with Crippen molar-refractivity contribution in [2.75, 3.05) is 0 Å². The van der Waals surface area contributed by atoms with E-state index in [1.165, 1.54) is 12.1 Å². The summed E-state index contributed by atoms with van der Waals surface area (Å²) in [6.45, 7) is 3.84. The summed E-state index contributed by atoms with van der Waals surface area (Å²) in [5.41, 5.74) is 0.403. The highest BCUT2D eigenvalue weighted by atomic mass is 19.1. The lowest BCUT2D eigenvalue weighted by molar-refractivity contribution is -0.128. The minimum atomic E-state index is -0.962. The summed E-state index contributed by atoms with van der Waals surface area (Å²) in [7, 11) is 0. The van der Waals surface area contributed by atoms with E-state index in [9.17, 15) is 22.8 Å². The zero-order valence-electron chi connectivity index (χ0n) is 18.3. The number of carbonyl (C=O) groups is 2. The van der Waals surface area contributed by atoms with Gasteiger partial charge in [0, 0.05) is 30.7 Å². The molecule has 1 saturated carbocycles. The largest absolute Gasteiger partial charge is 0.299 e. The SMILES string of the molecule is C[C@@H]1CC(c2ccncc2CC(=O)c2ccc(F)c(-c3c(F)cccc3F)n2)C[C@H](C)C1=O. The van der Waals surface area contributed by atoms with Gasteiger partial charge in [-0.25, -0.2) is 18.2 Å². The van der Waals surface area contributed by atoms with Crippen LogP contribution in [-0.2, 0) is 11.2 Å².